The summed E-state index contributed by atoms with van der Waals surface area (Å²) in [6.07, 6.45) is 0.813. The normalized spacial score (nSPS) is 12.2. The number of benzene rings is 2. The molecular formula is C16H18BrNO. The molecule has 0 aromatic heterocycles. The van der Waals surface area contributed by atoms with Gasteiger partial charge >= 0.3 is 0 Å². The van der Waals surface area contributed by atoms with Crippen LogP contribution in [0.5, 0.6) is 5.75 Å². The van der Waals surface area contributed by atoms with Gasteiger partial charge in [-0.1, -0.05) is 45.8 Å². The summed E-state index contributed by atoms with van der Waals surface area (Å²) in [5.41, 5.74) is 9.90. The molecule has 1 atom stereocenters. The summed E-state index contributed by atoms with van der Waals surface area (Å²) in [4.78, 5) is 0. The number of ether oxygens (including phenoxy) is 1. The van der Waals surface area contributed by atoms with Gasteiger partial charge in [0.25, 0.3) is 0 Å². The molecule has 0 bridgehead atoms. The summed E-state index contributed by atoms with van der Waals surface area (Å²) < 4.78 is 6.27. The summed E-state index contributed by atoms with van der Waals surface area (Å²) in [6.45, 7) is 2.09. The molecule has 2 aromatic rings. The summed E-state index contributed by atoms with van der Waals surface area (Å²) >= 11 is 3.55. The minimum absolute atomic E-state index is 0.0497. The Labute approximate surface area is 122 Å². The van der Waals surface area contributed by atoms with E-state index in [4.69, 9.17) is 10.5 Å². The molecule has 0 aliphatic rings. The largest absolute Gasteiger partial charge is 0.497 e. The number of aryl methyl sites for hydroxylation is 1. The number of hydrogen-bond donors (Lipinski definition) is 1. The average molecular weight is 320 g/mol. The van der Waals surface area contributed by atoms with Crippen LogP contribution in [0, 0.1) is 6.92 Å². The van der Waals surface area contributed by atoms with E-state index in [-0.39, 0.29) is 6.04 Å². The van der Waals surface area contributed by atoms with Crippen LogP contribution < -0.4 is 10.5 Å². The van der Waals surface area contributed by atoms with Gasteiger partial charge in [0.2, 0.25) is 0 Å². The zero-order chi connectivity index (χ0) is 13.8. The molecule has 100 valence electrons. The van der Waals surface area contributed by atoms with Crippen molar-refractivity contribution in [3.05, 3.63) is 63.6 Å². The van der Waals surface area contributed by atoms with E-state index in [2.05, 4.69) is 47.1 Å². The van der Waals surface area contributed by atoms with Crippen LogP contribution >= 0.6 is 15.9 Å². The van der Waals surface area contributed by atoms with E-state index in [0.29, 0.717) is 0 Å². The molecule has 2 nitrogen and oxygen atoms in total. The van der Waals surface area contributed by atoms with Crippen molar-refractivity contribution in [2.75, 3.05) is 7.11 Å². The highest BCUT2D eigenvalue weighted by Crippen LogP contribution is 2.28. The second-order valence-electron chi connectivity index (χ2n) is 4.69. The second kappa shape index (κ2) is 6.22. The van der Waals surface area contributed by atoms with Crippen LogP contribution in [0.4, 0.5) is 0 Å². The Morgan fingerprint density at radius 2 is 2.00 bits per heavy atom. The lowest BCUT2D eigenvalue weighted by atomic mass is 9.98. The van der Waals surface area contributed by atoms with Crippen LogP contribution in [-0.2, 0) is 6.42 Å². The first-order chi connectivity index (χ1) is 9.10. The Hall–Kier alpha value is -1.32. The highest BCUT2D eigenvalue weighted by atomic mass is 79.9. The topological polar surface area (TPSA) is 35.2 Å². The smallest absolute Gasteiger partial charge is 0.119 e. The molecule has 0 aliphatic heterocycles. The van der Waals surface area contributed by atoms with Crippen LogP contribution in [0.3, 0.4) is 0 Å². The number of nitrogens with two attached hydrogens (primary N) is 1. The van der Waals surface area contributed by atoms with Crippen LogP contribution in [-0.4, -0.2) is 7.11 Å². The van der Waals surface area contributed by atoms with Gasteiger partial charge in [-0.25, -0.2) is 0 Å². The van der Waals surface area contributed by atoms with Crippen molar-refractivity contribution >= 4 is 15.9 Å². The molecule has 1 unspecified atom stereocenters. The predicted octanol–water partition coefficient (Wildman–Crippen LogP) is 4.01. The molecule has 19 heavy (non-hydrogen) atoms. The molecule has 2 rings (SSSR count). The minimum atomic E-state index is -0.0497. The molecule has 2 N–H and O–H groups in total. The maximum absolute atomic E-state index is 6.32. The van der Waals surface area contributed by atoms with Gasteiger partial charge in [-0.2, -0.15) is 0 Å². The van der Waals surface area contributed by atoms with Gasteiger partial charge in [0.15, 0.2) is 0 Å². The summed E-state index contributed by atoms with van der Waals surface area (Å²) in [5.74, 6) is 0.831. The minimum Gasteiger partial charge on any atom is -0.497 e. The molecule has 0 fully saturated rings. The van der Waals surface area contributed by atoms with Gasteiger partial charge in [-0.15, -0.1) is 0 Å². The summed E-state index contributed by atoms with van der Waals surface area (Å²) in [5, 5.41) is 0. The maximum Gasteiger partial charge on any atom is 0.119 e. The third-order valence-electron chi connectivity index (χ3n) is 3.14. The Morgan fingerprint density at radius 1 is 1.21 bits per heavy atom. The van der Waals surface area contributed by atoms with Gasteiger partial charge in [-0.3, -0.25) is 0 Å². The molecule has 0 amide bonds. The van der Waals surface area contributed by atoms with Crippen molar-refractivity contribution in [3.63, 3.8) is 0 Å². The van der Waals surface area contributed by atoms with Crippen molar-refractivity contribution in [1.29, 1.82) is 0 Å². The molecule has 0 radical (unpaired) electrons. The Kier molecular flexibility index (Phi) is 4.61. The molecule has 0 aliphatic carbocycles. The number of rotatable bonds is 4. The SMILES string of the molecule is COc1ccc(Br)c(C(N)Cc2cccc(C)c2)c1. The van der Waals surface area contributed by atoms with E-state index in [1.165, 1.54) is 11.1 Å². The van der Waals surface area contributed by atoms with Crippen molar-refractivity contribution in [1.82, 2.24) is 0 Å². The van der Waals surface area contributed by atoms with E-state index < -0.39 is 0 Å². The Bertz CT molecular complexity index is 568. The second-order valence-corrected chi connectivity index (χ2v) is 5.54. The summed E-state index contributed by atoms with van der Waals surface area (Å²) in [7, 11) is 1.67. The van der Waals surface area contributed by atoms with Crippen molar-refractivity contribution in [2.45, 2.75) is 19.4 Å². The molecule has 2 aromatic carbocycles. The van der Waals surface area contributed by atoms with E-state index in [0.717, 1.165) is 22.2 Å². The Morgan fingerprint density at radius 3 is 2.68 bits per heavy atom. The highest BCUT2D eigenvalue weighted by Gasteiger charge is 2.12. The molecule has 0 heterocycles. The fourth-order valence-corrected chi connectivity index (χ4v) is 2.68. The fourth-order valence-electron chi connectivity index (χ4n) is 2.14. The number of halogens is 1. The zero-order valence-corrected chi connectivity index (χ0v) is 12.8. The first-order valence-corrected chi connectivity index (χ1v) is 7.04. The molecule has 0 saturated carbocycles. The monoisotopic (exact) mass is 319 g/mol. The summed E-state index contributed by atoms with van der Waals surface area (Å²) in [6, 6.07) is 14.3. The lowest BCUT2D eigenvalue weighted by Crippen LogP contribution is -2.14. The lowest BCUT2D eigenvalue weighted by Gasteiger charge is -2.15. The molecular weight excluding hydrogens is 302 g/mol. The standard InChI is InChI=1S/C16H18BrNO/c1-11-4-3-5-12(8-11)9-16(18)14-10-13(19-2)6-7-15(14)17/h3-8,10,16H,9,18H2,1-2H3. The highest BCUT2D eigenvalue weighted by molar-refractivity contribution is 9.10. The number of hydrogen-bond acceptors (Lipinski definition) is 2. The van der Waals surface area contributed by atoms with E-state index in [1.807, 2.05) is 18.2 Å². The Balaban J connectivity index is 2.22. The van der Waals surface area contributed by atoms with E-state index >= 15 is 0 Å². The maximum atomic E-state index is 6.32. The number of methoxy groups -OCH3 is 1. The lowest BCUT2D eigenvalue weighted by molar-refractivity contribution is 0.413. The van der Waals surface area contributed by atoms with Gasteiger partial charge in [0.1, 0.15) is 5.75 Å². The van der Waals surface area contributed by atoms with Crippen LogP contribution in [0.2, 0.25) is 0 Å². The van der Waals surface area contributed by atoms with Gasteiger partial charge in [0.05, 0.1) is 7.11 Å². The van der Waals surface area contributed by atoms with E-state index in [9.17, 15) is 0 Å². The fraction of sp³-hybridized carbons (Fsp3) is 0.250. The van der Waals surface area contributed by atoms with Gasteiger partial charge in [0, 0.05) is 10.5 Å². The molecule has 3 heteroatoms. The van der Waals surface area contributed by atoms with Gasteiger partial charge in [-0.05, 0) is 42.7 Å². The van der Waals surface area contributed by atoms with Crippen LogP contribution in [0.1, 0.15) is 22.7 Å². The van der Waals surface area contributed by atoms with Crippen molar-refractivity contribution < 1.29 is 4.74 Å². The quantitative estimate of drug-likeness (QED) is 0.924. The van der Waals surface area contributed by atoms with Crippen LogP contribution in [0.15, 0.2) is 46.9 Å². The van der Waals surface area contributed by atoms with Gasteiger partial charge < -0.3 is 10.5 Å². The van der Waals surface area contributed by atoms with Crippen molar-refractivity contribution in [2.24, 2.45) is 5.73 Å². The van der Waals surface area contributed by atoms with E-state index in [1.54, 1.807) is 7.11 Å². The molecule has 0 saturated heterocycles. The van der Waals surface area contributed by atoms with Crippen LogP contribution in [0.25, 0.3) is 0 Å². The predicted molar refractivity (Wildman–Crippen MR) is 82.5 cm³/mol. The zero-order valence-electron chi connectivity index (χ0n) is 11.2. The first-order valence-electron chi connectivity index (χ1n) is 6.24. The van der Waals surface area contributed by atoms with Crippen molar-refractivity contribution in [3.8, 4) is 5.75 Å². The molecule has 0 spiro atoms. The first kappa shape index (κ1) is 14.1. The third kappa shape index (κ3) is 3.58. The third-order valence-corrected chi connectivity index (χ3v) is 3.86. The average Bonchev–Trinajstić information content (AvgIpc) is 2.39.